The molecule has 30 heavy (non-hydrogen) atoms. The fraction of sp³-hybridized carbons (Fsp3) is 0.167. The van der Waals surface area contributed by atoms with Crippen molar-refractivity contribution in [1.82, 2.24) is 10.6 Å². The van der Waals surface area contributed by atoms with Gasteiger partial charge in [-0.1, -0.05) is 36.4 Å². The third-order valence-corrected chi connectivity index (χ3v) is 5.48. The van der Waals surface area contributed by atoms with Gasteiger partial charge in [-0.25, -0.2) is 0 Å². The number of rotatable bonds is 9. The molecule has 0 aromatic heterocycles. The van der Waals surface area contributed by atoms with Gasteiger partial charge in [0, 0.05) is 34.9 Å². The molecule has 154 valence electrons. The molecule has 0 saturated heterocycles. The van der Waals surface area contributed by atoms with Crippen LogP contribution in [0.15, 0.2) is 83.8 Å². The van der Waals surface area contributed by atoms with Crippen LogP contribution in [0.2, 0.25) is 0 Å². The predicted molar refractivity (Wildman–Crippen MR) is 120 cm³/mol. The number of aromatic hydroxyl groups is 1. The normalized spacial score (nSPS) is 10.4. The number of amides is 2. The topological polar surface area (TPSA) is 78.4 Å². The maximum Gasteiger partial charge on any atom is 0.251 e. The van der Waals surface area contributed by atoms with E-state index in [1.165, 1.54) is 17.7 Å². The first-order valence-corrected chi connectivity index (χ1v) is 10.7. The zero-order valence-electron chi connectivity index (χ0n) is 16.5. The number of hydrogen-bond donors (Lipinski definition) is 3. The Morgan fingerprint density at radius 3 is 2.10 bits per heavy atom. The van der Waals surface area contributed by atoms with E-state index >= 15 is 0 Å². The number of carbonyl (C=O) groups excluding carboxylic acids is 2. The van der Waals surface area contributed by atoms with Crippen LogP contribution in [0.3, 0.4) is 0 Å². The molecule has 0 fully saturated rings. The van der Waals surface area contributed by atoms with Gasteiger partial charge in [-0.15, -0.1) is 11.8 Å². The van der Waals surface area contributed by atoms with Gasteiger partial charge in [-0.2, -0.15) is 0 Å². The largest absolute Gasteiger partial charge is 0.508 e. The summed E-state index contributed by atoms with van der Waals surface area (Å²) in [7, 11) is 0. The van der Waals surface area contributed by atoms with Crippen molar-refractivity contribution in [3.63, 3.8) is 0 Å². The zero-order chi connectivity index (χ0) is 21.2. The lowest BCUT2D eigenvalue weighted by Gasteiger charge is -2.08. The second-order valence-electron chi connectivity index (χ2n) is 6.71. The van der Waals surface area contributed by atoms with E-state index in [1.54, 1.807) is 23.9 Å². The third kappa shape index (κ3) is 6.67. The molecule has 0 unspecified atom stereocenters. The Labute approximate surface area is 180 Å². The molecule has 3 rings (SSSR count). The minimum absolute atomic E-state index is 0.0550. The van der Waals surface area contributed by atoms with Crippen molar-refractivity contribution in [1.29, 1.82) is 0 Å². The second-order valence-corrected chi connectivity index (χ2v) is 7.76. The van der Waals surface area contributed by atoms with Gasteiger partial charge in [0.15, 0.2) is 0 Å². The Morgan fingerprint density at radius 1 is 0.767 bits per heavy atom. The Hall–Kier alpha value is -3.25. The summed E-state index contributed by atoms with van der Waals surface area (Å²) < 4.78 is 0. The van der Waals surface area contributed by atoms with Crippen LogP contribution in [0.1, 0.15) is 32.7 Å². The SMILES string of the molecule is O=C(NCCCNC(=O)c1cccc(O)c1)c1ccc(SCc2ccccc2)cc1. The van der Waals surface area contributed by atoms with E-state index in [-0.39, 0.29) is 17.6 Å². The highest BCUT2D eigenvalue weighted by atomic mass is 32.2. The fourth-order valence-corrected chi connectivity index (χ4v) is 3.64. The number of benzene rings is 3. The first kappa shape index (κ1) is 21.5. The van der Waals surface area contributed by atoms with Crippen molar-refractivity contribution in [2.24, 2.45) is 0 Å². The summed E-state index contributed by atoms with van der Waals surface area (Å²) in [5, 5.41) is 15.0. The lowest BCUT2D eigenvalue weighted by molar-refractivity contribution is 0.0951. The number of thioether (sulfide) groups is 1. The van der Waals surface area contributed by atoms with Crippen molar-refractivity contribution in [2.75, 3.05) is 13.1 Å². The molecular weight excluding hydrogens is 396 g/mol. The molecule has 3 aromatic carbocycles. The number of hydrogen-bond acceptors (Lipinski definition) is 4. The molecule has 3 N–H and O–H groups in total. The van der Waals surface area contributed by atoms with Crippen LogP contribution in [-0.4, -0.2) is 30.0 Å². The number of carbonyl (C=O) groups is 2. The van der Waals surface area contributed by atoms with Crippen LogP contribution in [0, 0.1) is 0 Å². The molecule has 0 aliphatic rings. The second kappa shape index (κ2) is 11.1. The van der Waals surface area contributed by atoms with E-state index < -0.39 is 0 Å². The molecule has 5 nitrogen and oxygen atoms in total. The molecule has 0 heterocycles. The molecule has 0 aliphatic carbocycles. The monoisotopic (exact) mass is 420 g/mol. The van der Waals surface area contributed by atoms with Crippen molar-refractivity contribution in [2.45, 2.75) is 17.1 Å². The molecule has 2 amide bonds. The minimum Gasteiger partial charge on any atom is -0.508 e. The lowest BCUT2D eigenvalue weighted by Crippen LogP contribution is -2.29. The van der Waals surface area contributed by atoms with Crippen molar-refractivity contribution in [3.05, 3.63) is 95.6 Å². The lowest BCUT2D eigenvalue weighted by atomic mass is 10.2. The quantitative estimate of drug-likeness (QED) is 0.357. The molecule has 0 aliphatic heterocycles. The van der Waals surface area contributed by atoms with Gasteiger partial charge < -0.3 is 15.7 Å². The smallest absolute Gasteiger partial charge is 0.251 e. The molecule has 0 radical (unpaired) electrons. The van der Waals surface area contributed by atoms with Crippen LogP contribution in [-0.2, 0) is 5.75 Å². The average Bonchev–Trinajstić information content (AvgIpc) is 2.78. The molecule has 3 aromatic rings. The van der Waals surface area contributed by atoms with Gasteiger partial charge in [0.1, 0.15) is 5.75 Å². The Morgan fingerprint density at radius 2 is 1.43 bits per heavy atom. The van der Waals surface area contributed by atoms with Gasteiger partial charge in [-0.05, 0) is 54.4 Å². The molecule has 0 atom stereocenters. The fourth-order valence-electron chi connectivity index (χ4n) is 2.79. The first-order chi connectivity index (χ1) is 14.6. The summed E-state index contributed by atoms with van der Waals surface area (Å²) in [6.45, 7) is 0.896. The van der Waals surface area contributed by atoms with E-state index in [2.05, 4.69) is 22.8 Å². The van der Waals surface area contributed by atoms with Crippen LogP contribution < -0.4 is 10.6 Å². The Bertz CT molecular complexity index is 975. The minimum atomic E-state index is -0.249. The van der Waals surface area contributed by atoms with Crippen LogP contribution in [0.5, 0.6) is 5.75 Å². The summed E-state index contributed by atoms with van der Waals surface area (Å²) in [4.78, 5) is 25.4. The van der Waals surface area contributed by atoms with Crippen LogP contribution >= 0.6 is 11.8 Å². The summed E-state index contributed by atoms with van der Waals surface area (Å²) in [5.74, 6) is 0.565. The predicted octanol–water partition coefficient (Wildman–Crippen LogP) is 4.23. The molecule has 6 heteroatoms. The Kier molecular flexibility index (Phi) is 7.92. The summed E-state index contributed by atoms with van der Waals surface area (Å²) in [6.07, 6.45) is 0.612. The summed E-state index contributed by atoms with van der Waals surface area (Å²) in [6, 6.07) is 24.0. The first-order valence-electron chi connectivity index (χ1n) is 9.74. The Balaban J connectivity index is 1.36. The van der Waals surface area contributed by atoms with Gasteiger partial charge >= 0.3 is 0 Å². The third-order valence-electron chi connectivity index (χ3n) is 4.40. The highest BCUT2D eigenvalue weighted by Crippen LogP contribution is 2.23. The van der Waals surface area contributed by atoms with E-state index in [9.17, 15) is 14.7 Å². The molecular formula is C24H24N2O3S. The van der Waals surface area contributed by atoms with Crippen molar-refractivity contribution < 1.29 is 14.7 Å². The maximum atomic E-state index is 12.3. The van der Waals surface area contributed by atoms with E-state index in [0.29, 0.717) is 30.6 Å². The number of phenols is 1. The van der Waals surface area contributed by atoms with E-state index in [4.69, 9.17) is 0 Å². The van der Waals surface area contributed by atoms with Gasteiger partial charge in [-0.3, -0.25) is 9.59 Å². The summed E-state index contributed by atoms with van der Waals surface area (Å²) >= 11 is 1.73. The molecule has 0 bridgehead atoms. The highest BCUT2D eigenvalue weighted by Gasteiger charge is 2.07. The van der Waals surface area contributed by atoms with Gasteiger partial charge in [0.2, 0.25) is 0 Å². The molecule has 0 spiro atoms. The van der Waals surface area contributed by atoms with Crippen LogP contribution in [0.4, 0.5) is 0 Å². The highest BCUT2D eigenvalue weighted by molar-refractivity contribution is 7.98. The van der Waals surface area contributed by atoms with Crippen LogP contribution in [0.25, 0.3) is 0 Å². The molecule has 0 saturated carbocycles. The van der Waals surface area contributed by atoms with Crippen molar-refractivity contribution >= 4 is 23.6 Å². The number of phenolic OH excluding ortho intramolecular Hbond substituents is 1. The van der Waals surface area contributed by atoms with Gasteiger partial charge in [0.05, 0.1) is 0 Å². The standard InChI is InChI=1S/C24H24N2O3S/c27-21-9-4-8-20(16-21)24(29)26-15-5-14-25-23(28)19-10-12-22(13-11-19)30-17-18-6-2-1-3-7-18/h1-4,6-13,16,27H,5,14-15,17H2,(H,25,28)(H,26,29). The van der Waals surface area contributed by atoms with Crippen molar-refractivity contribution in [3.8, 4) is 5.75 Å². The maximum absolute atomic E-state index is 12.3. The average molecular weight is 421 g/mol. The summed E-state index contributed by atoms with van der Waals surface area (Å²) in [5.41, 5.74) is 2.28. The zero-order valence-corrected chi connectivity index (χ0v) is 17.3. The number of nitrogens with one attached hydrogen (secondary N) is 2. The van der Waals surface area contributed by atoms with E-state index in [1.807, 2.05) is 42.5 Å². The van der Waals surface area contributed by atoms with Gasteiger partial charge in [0.25, 0.3) is 11.8 Å². The van der Waals surface area contributed by atoms with E-state index in [0.717, 1.165) is 10.6 Å².